The number of hydrogen-bond donors (Lipinski definition) is 1. The summed E-state index contributed by atoms with van der Waals surface area (Å²) in [4.78, 5) is 8.80. The van der Waals surface area contributed by atoms with E-state index in [0.717, 1.165) is 34.5 Å². The van der Waals surface area contributed by atoms with E-state index in [1.165, 1.54) is 0 Å². The molecule has 3 aromatic rings. The number of aromatic nitrogens is 3. The second kappa shape index (κ2) is 3.73. The van der Waals surface area contributed by atoms with Gasteiger partial charge in [-0.15, -0.1) is 0 Å². The maximum atomic E-state index is 4.62. The first-order valence-corrected chi connectivity index (χ1v) is 5.76. The van der Waals surface area contributed by atoms with E-state index in [1.54, 1.807) is 0 Å². The van der Waals surface area contributed by atoms with Gasteiger partial charge in [-0.2, -0.15) is 0 Å². The lowest BCUT2D eigenvalue weighted by molar-refractivity contribution is 1.15. The van der Waals surface area contributed by atoms with Gasteiger partial charge >= 0.3 is 0 Å². The molecule has 3 rings (SSSR count). The molecule has 0 radical (unpaired) electrons. The van der Waals surface area contributed by atoms with Gasteiger partial charge in [0.15, 0.2) is 0 Å². The number of benzene rings is 1. The SMILES string of the molecule is CCNc1ccc2c(c1)nc(C)c1cncn12. The molecule has 0 amide bonds. The molecule has 0 bridgehead atoms. The van der Waals surface area contributed by atoms with Gasteiger partial charge in [0.05, 0.1) is 34.8 Å². The Morgan fingerprint density at radius 1 is 1.29 bits per heavy atom. The number of nitrogens with one attached hydrogen (secondary N) is 1. The van der Waals surface area contributed by atoms with Crippen LogP contribution in [0.3, 0.4) is 0 Å². The average Bonchev–Trinajstić information content (AvgIpc) is 2.79. The summed E-state index contributed by atoms with van der Waals surface area (Å²) in [7, 11) is 0. The van der Waals surface area contributed by atoms with Gasteiger partial charge in [-0.3, -0.25) is 4.40 Å². The Morgan fingerprint density at radius 2 is 2.18 bits per heavy atom. The van der Waals surface area contributed by atoms with Crippen molar-refractivity contribution in [1.29, 1.82) is 0 Å². The van der Waals surface area contributed by atoms with Gasteiger partial charge in [0.1, 0.15) is 0 Å². The average molecular weight is 226 g/mol. The molecule has 86 valence electrons. The lowest BCUT2D eigenvalue weighted by Crippen LogP contribution is -1.98. The summed E-state index contributed by atoms with van der Waals surface area (Å²) in [5.41, 5.74) is 5.25. The molecule has 0 aliphatic heterocycles. The van der Waals surface area contributed by atoms with Gasteiger partial charge in [0.25, 0.3) is 0 Å². The smallest absolute Gasteiger partial charge is 0.0998 e. The summed E-state index contributed by atoms with van der Waals surface area (Å²) >= 11 is 0. The van der Waals surface area contributed by atoms with Crippen molar-refractivity contribution in [3.05, 3.63) is 36.4 Å². The largest absolute Gasteiger partial charge is 0.385 e. The summed E-state index contributed by atoms with van der Waals surface area (Å²) < 4.78 is 2.08. The quantitative estimate of drug-likeness (QED) is 0.730. The number of imidazole rings is 1. The highest BCUT2D eigenvalue weighted by molar-refractivity contribution is 5.82. The van der Waals surface area contributed by atoms with Crippen molar-refractivity contribution in [2.75, 3.05) is 11.9 Å². The van der Waals surface area contributed by atoms with Crippen LogP contribution < -0.4 is 5.32 Å². The van der Waals surface area contributed by atoms with Crippen LogP contribution in [0.2, 0.25) is 0 Å². The normalized spacial score (nSPS) is 11.2. The summed E-state index contributed by atoms with van der Waals surface area (Å²) in [5.74, 6) is 0. The van der Waals surface area contributed by atoms with Crippen LogP contribution in [0, 0.1) is 6.92 Å². The molecule has 2 heterocycles. The fourth-order valence-corrected chi connectivity index (χ4v) is 2.12. The molecule has 2 aromatic heterocycles. The van der Waals surface area contributed by atoms with Gasteiger partial charge in [-0.05, 0) is 32.0 Å². The summed E-state index contributed by atoms with van der Waals surface area (Å²) in [6.45, 7) is 5.01. The molecule has 4 nitrogen and oxygen atoms in total. The molecule has 0 atom stereocenters. The monoisotopic (exact) mass is 226 g/mol. The highest BCUT2D eigenvalue weighted by Gasteiger charge is 2.05. The number of anilines is 1. The molecule has 0 saturated carbocycles. The van der Waals surface area contributed by atoms with Crippen molar-refractivity contribution in [3.8, 4) is 0 Å². The summed E-state index contributed by atoms with van der Waals surface area (Å²) in [6, 6.07) is 6.22. The van der Waals surface area contributed by atoms with Crippen LogP contribution in [0.5, 0.6) is 0 Å². The second-order valence-electron chi connectivity index (χ2n) is 4.08. The fourth-order valence-electron chi connectivity index (χ4n) is 2.12. The van der Waals surface area contributed by atoms with Crippen molar-refractivity contribution in [3.63, 3.8) is 0 Å². The maximum absolute atomic E-state index is 4.62. The second-order valence-corrected chi connectivity index (χ2v) is 4.08. The first kappa shape index (κ1) is 10.1. The number of hydrogen-bond acceptors (Lipinski definition) is 3. The zero-order valence-electron chi connectivity index (χ0n) is 9.94. The Bertz CT molecular complexity index is 684. The van der Waals surface area contributed by atoms with E-state index in [2.05, 4.69) is 44.8 Å². The Labute approximate surface area is 99.3 Å². The highest BCUT2D eigenvalue weighted by Crippen LogP contribution is 2.20. The van der Waals surface area contributed by atoms with Crippen molar-refractivity contribution in [2.24, 2.45) is 0 Å². The van der Waals surface area contributed by atoms with Crippen LogP contribution in [0.1, 0.15) is 12.6 Å². The number of nitrogens with zero attached hydrogens (tertiary/aromatic N) is 3. The van der Waals surface area contributed by atoms with Crippen molar-refractivity contribution in [1.82, 2.24) is 14.4 Å². The van der Waals surface area contributed by atoms with Gasteiger partial charge in [0, 0.05) is 12.2 Å². The van der Waals surface area contributed by atoms with Crippen LogP contribution in [-0.2, 0) is 0 Å². The molecular weight excluding hydrogens is 212 g/mol. The van der Waals surface area contributed by atoms with E-state index in [1.807, 2.05) is 19.4 Å². The fraction of sp³-hybridized carbons (Fsp3) is 0.231. The number of rotatable bonds is 2. The zero-order chi connectivity index (χ0) is 11.8. The molecule has 0 unspecified atom stereocenters. The molecule has 17 heavy (non-hydrogen) atoms. The Kier molecular flexibility index (Phi) is 2.21. The lowest BCUT2D eigenvalue weighted by Gasteiger charge is -2.07. The first-order valence-electron chi connectivity index (χ1n) is 5.76. The first-order chi connectivity index (χ1) is 8.29. The van der Waals surface area contributed by atoms with Crippen molar-refractivity contribution < 1.29 is 0 Å². The molecule has 0 spiro atoms. The van der Waals surface area contributed by atoms with Crippen molar-refractivity contribution in [2.45, 2.75) is 13.8 Å². The van der Waals surface area contributed by atoms with Crippen LogP contribution >= 0.6 is 0 Å². The lowest BCUT2D eigenvalue weighted by atomic mass is 10.2. The molecule has 0 aliphatic carbocycles. The van der Waals surface area contributed by atoms with Crippen LogP contribution in [-0.4, -0.2) is 20.9 Å². The summed E-state index contributed by atoms with van der Waals surface area (Å²) in [5, 5.41) is 3.30. The molecule has 4 heteroatoms. The van der Waals surface area contributed by atoms with Crippen LogP contribution in [0.4, 0.5) is 5.69 Å². The molecule has 0 saturated heterocycles. The Balaban J connectivity index is 2.33. The van der Waals surface area contributed by atoms with Gasteiger partial charge in [-0.25, -0.2) is 9.97 Å². The maximum Gasteiger partial charge on any atom is 0.0998 e. The van der Waals surface area contributed by atoms with Crippen molar-refractivity contribution >= 4 is 22.2 Å². The van der Waals surface area contributed by atoms with Gasteiger partial charge in [-0.1, -0.05) is 0 Å². The van der Waals surface area contributed by atoms with E-state index in [9.17, 15) is 0 Å². The number of fused-ring (bicyclic) bond motifs is 3. The molecule has 0 aliphatic rings. The zero-order valence-corrected chi connectivity index (χ0v) is 9.94. The minimum absolute atomic E-state index is 0.914. The molecular formula is C13H14N4. The third-order valence-corrected chi connectivity index (χ3v) is 2.91. The van der Waals surface area contributed by atoms with Crippen LogP contribution in [0.15, 0.2) is 30.7 Å². The highest BCUT2D eigenvalue weighted by atomic mass is 15.0. The van der Waals surface area contributed by atoms with E-state index in [0.29, 0.717) is 0 Å². The van der Waals surface area contributed by atoms with E-state index >= 15 is 0 Å². The topological polar surface area (TPSA) is 42.2 Å². The van der Waals surface area contributed by atoms with E-state index in [-0.39, 0.29) is 0 Å². The summed E-state index contributed by atoms with van der Waals surface area (Å²) in [6.07, 6.45) is 3.68. The number of aryl methyl sites for hydroxylation is 1. The Hall–Kier alpha value is -2.10. The van der Waals surface area contributed by atoms with Gasteiger partial charge in [0.2, 0.25) is 0 Å². The predicted molar refractivity (Wildman–Crippen MR) is 69.4 cm³/mol. The van der Waals surface area contributed by atoms with Crippen LogP contribution in [0.25, 0.3) is 16.6 Å². The molecule has 1 aromatic carbocycles. The van der Waals surface area contributed by atoms with E-state index in [4.69, 9.17) is 0 Å². The standard InChI is InChI=1S/C13H14N4/c1-3-15-10-4-5-12-11(6-10)16-9(2)13-7-14-8-17(12)13/h4-8,15H,3H2,1-2H3. The predicted octanol–water partition coefficient (Wildman–Crippen LogP) is 2.62. The minimum Gasteiger partial charge on any atom is -0.385 e. The Morgan fingerprint density at radius 3 is 3.00 bits per heavy atom. The van der Waals surface area contributed by atoms with E-state index < -0.39 is 0 Å². The minimum atomic E-state index is 0.914. The third-order valence-electron chi connectivity index (χ3n) is 2.91. The molecule has 0 fully saturated rings. The molecule has 1 N–H and O–H groups in total. The van der Waals surface area contributed by atoms with Gasteiger partial charge < -0.3 is 5.32 Å². The third kappa shape index (κ3) is 1.53.